The monoisotopic (exact) mass is 392 g/mol. The molecule has 0 saturated heterocycles. The lowest BCUT2D eigenvalue weighted by molar-refractivity contribution is -0.101. The van der Waals surface area contributed by atoms with Crippen LogP contribution in [0, 0.1) is 22.7 Å². The summed E-state index contributed by atoms with van der Waals surface area (Å²) in [6, 6.07) is 1.99. The van der Waals surface area contributed by atoms with Crippen LogP contribution in [-0.2, 0) is 10.8 Å². The number of hydrogen-bond acceptors (Lipinski definition) is 3. The molecule has 2 atom stereocenters. The van der Waals surface area contributed by atoms with Crippen LogP contribution in [0.15, 0.2) is 23.0 Å². The first-order valence-corrected chi connectivity index (χ1v) is 13.8. The molecular formula is C23H40O3Si. The molecule has 27 heavy (non-hydrogen) atoms. The lowest BCUT2D eigenvalue weighted by Crippen LogP contribution is -2.50. The SMILES string of the molecule is C[SiH](C)OCC1CC(O)(Cc2ccoc2)CCC12CCC(C(C)(C)C)CC2. The van der Waals surface area contributed by atoms with Crippen LogP contribution in [0.4, 0.5) is 0 Å². The molecule has 0 radical (unpaired) electrons. The number of furan rings is 1. The first-order valence-electron chi connectivity index (χ1n) is 11.0. The maximum absolute atomic E-state index is 11.4. The predicted octanol–water partition coefficient (Wildman–Crippen LogP) is 5.58. The average molecular weight is 393 g/mol. The van der Waals surface area contributed by atoms with Crippen molar-refractivity contribution in [2.45, 2.75) is 90.8 Å². The van der Waals surface area contributed by atoms with Gasteiger partial charge in [0.2, 0.25) is 0 Å². The summed E-state index contributed by atoms with van der Waals surface area (Å²) in [4.78, 5) is 0. The van der Waals surface area contributed by atoms with E-state index in [0.717, 1.165) is 37.4 Å². The third-order valence-corrected chi connectivity index (χ3v) is 8.39. The van der Waals surface area contributed by atoms with Crippen molar-refractivity contribution in [1.82, 2.24) is 0 Å². The van der Waals surface area contributed by atoms with E-state index in [1.807, 2.05) is 6.07 Å². The first-order chi connectivity index (χ1) is 12.6. The summed E-state index contributed by atoms with van der Waals surface area (Å²) < 4.78 is 11.5. The zero-order valence-electron chi connectivity index (χ0n) is 18.1. The molecule has 1 aromatic heterocycles. The van der Waals surface area contributed by atoms with Crippen molar-refractivity contribution in [2.24, 2.45) is 22.7 Å². The summed E-state index contributed by atoms with van der Waals surface area (Å²) in [6.45, 7) is 12.5. The van der Waals surface area contributed by atoms with E-state index in [9.17, 15) is 5.11 Å². The molecule has 2 fully saturated rings. The largest absolute Gasteiger partial charge is 0.472 e. The molecule has 2 unspecified atom stereocenters. The molecule has 2 aliphatic carbocycles. The highest BCUT2D eigenvalue weighted by Crippen LogP contribution is 2.56. The van der Waals surface area contributed by atoms with Gasteiger partial charge in [0.05, 0.1) is 18.1 Å². The molecule has 1 heterocycles. The fraction of sp³-hybridized carbons (Fsp3) is 0.826. The Morgan fingerprint density at radius 3 is 2.44 bits per heavy atom. The van der Waals surface area contributed by atoms with Crippen LogP contribution >= 0.6 is 0 Å². The Labute approximate surface area is 167 Å². The van der Waals surface area contributed by atoms with Crippen LogP contribution in [0.3, 0.4) is 0 Å². The normalized spacial score (nSPS) is 35.1. The highest BCUT2D eigenvalue weighted by atomic mass is 28.3. The van der Waals surface area contributed by atoms with Crippen molar-refractivity contribution in [1.29, 1.82) is 0 Å². The number of rotatable bonds is 5. The molecule has 3 nitrogen and oxygen atoms in total. The quantitative estimate of drug-likeness (QED) is 0.666. The Balaban J connectivity index is 1.72. The predicted molar refractivity (Wildman–Crippen MR) is 113 cm³/mol. The minimum Gasteiger partial charge on any atom is -0.472 e. The van der Waals surface area contributed by atoms with E-state index in [0.29, 0.717) is 23.2 Å². The molecule has 0 aliphatic heterocycles. The molecule has 1 N–H and O–H groups in total. The van der Waals surface area contributed by atoms with E-state index in [1.165, 1.54) is 25.7 Å². The molecule has 0 aromatic carbocycles. The molecule has 0 amide bonds. The van der Waals surface area contributed by atoms with Crippen molar-refractivity contribution >= 4 is 9.04 Å². The molecule has 2 saturated carbocycles. The number of hydrogen-bond donors (Lipinski definition) is 1. The minimum atomic E-state index is -1.05. The van der Waals surface area contributed by atoms with Crippen LogP contribution in [0.5, 0.6) is 0 Å². The van der Waals surface area contributed by atoms with Gasteiger partial charge in [-0.15, -0.1) is 0 Å². The van der Waals surface area contributed by atoms with Gasteiger partial charge in [0.1, 0.15) is 0 Å². The van der Waals surface area contributed by atoms with Gasteiger partial charge < -0.3 is 13.9 Å². The Morgan fingerprint density at radius 1 is 1.19 bits per heavy atom. The van der Waals surface area contributed by atoms with Gasteiger partial charge in [0.25, 0.3) is 0 Å². The molecule has 1 spiro atoms. The molecule has 2 aliphatic rings. The Hall–Kier alpha value is -0.583. The van der Waals surface area contributed by atoms with E-state index < -0.39 is 14.6 Å². The molecule has 1 aromatic rings. The zero-order chi connectivity index (χ0) is 19.7. The standard InChI is InChI=1S/C23H40O3Si/c1-21(2,3)19-6-9-22(10-7-19)11-12-23(24,14-18-8-13-25-16-18)15-20(22)17-26-27(4)5/h8,13,16,19-20,24,27H,6-7,9-12,14-15,17H2,1-5H3. The van der Waals surface area contributed by atoms with Crippen molar-refractivity contribution in [3.63, 3.8) is 0 Å². The van der Waals surface area contributed by atoms with Gasteiger partial charge in [0, 0.05) is 13.0 Å². The highest BCUT2D eigenvalue weighted by Gasteiger charge is 2.50. The van der Waals surface area contributed by atoms with Gasteiger partial charge in [-0.25, -0.2) is 0 Å². The van der Waals surface area contributed by atoms with Crippen molar-refractivity contribution in [3.05, 3.63) is 24.2 Å². The first kappa shape index (κ1) is 21.1. The average Bonchev–Trinajstić information content (AvgIpc) is 3.08. The summed E-state index contributed by atoms with van der Waals surface area (Å²) in [6.07, 6.45) is 12.4. The third kappa shape index (κ3) is 5.07. The molecule has 0 bridgehead atoms. The molecule has 4 heteroatoms. The van der Waals surface area contributed by atoms with E-state index in [2.05, 4.69) is 33.9 Å². The fourth-order valence-corrected chi connectivity index (χ4v) is 6.28. The van der Waals surface area contributed by atoms with Crippen molar-refractivity contribution in [3.8, 4) is 0 Å². The fourth-order valence-electron chi connectivity index (χ4n) is 5.66. The van der Waals surface area contributed by atoms with E-state index in [-0.39, 0.29) is 0 Å². The van der Waals surface area contributed by atoms with Crippen LogP contribution in [0.2, 0.25) is 13.1 Å². The summed E-state index contributed by atoms with van der Waals surface area (Å²) in [5.74, 6) is 1.31. The summed E-state index contributed by atoms with van der Waals surface area (Å²) >= 11 is 0. The second kappa shape index (κ2) is 8.04. The van der Waals surface area contributed by atoms with E-state index >= 15 is 0 Å². The second-order valence-corrected chi connectivity index (χ2v) is 13.2. The third-order valence-electron chi connectivity index (χ3n) is 7.53. The van der Waals surface area contributed by atoms with Gasteiger partial charge in [-0.1, -0.05) is 20.8 Å². The maximum Gasteiger partial charge on any atom is 0.170 e. The van der Waals surface area contributed by atoms with Crippen LogP contribution in [-0.4, -0.2) is 26.4 Å². The Morgan fingerprint density at radius 2 is 1.89 bits per heavy atom. The molecule has 154 valence electrons. The summed E-state index contributed by atoms with van der Waals surface area (Å²) in [7, 11) is -1.05. The number of aliphatic hydroxyl groups is 1. The summed E-state index contributed by atoms with van der Waals surface area (Å²) in [5.41, 5.74) is 1.30. The zero-order valence-corrected chi connectivity index (χ0v) is 19.2. The lowest BCUT2D eigenvalue weighted by Gasteiger charge is -2.54. The van der Waals surface area contributed by atoms with Crippen molar-refractivity contribution < 1.29 is 13.9 Å². The smallest absolute Gasteiger partial charge is 0.170 e. The Bertz CT molecular complexity index is 581. The van der Waals surface area contributed by atoms with Crippen LogP contribution < -0.4 is 0 Å². The maximum atomic E-state index is 11.4. The minimum absolute atomic E-state index is 0.383. The van der Waals surface area contributed by atoms with Gasteiger partial charge in [-0.3, -0.25) is 0 Å². The van der Waals surface area contributed by atoms with Crippen LogP contribution in [0.25, 0.3) is 0 Å². The second-order valence-electron chi connectivity index (χ2n) is 10.8. The van der Waals surface area contributed by atoms with Gasteiger partial charge in [-0.2, -0.15) is 0 Å². The van der Waals surface area contributed by atoms with Crippen molar-refractivity contribution in [2.75, 3.05) is 6.61 Å². The lowest BCUT2D eigenvalue weighted by atomic mass is 9.53. The molecular weight excluding hydrogens is 352 g/mol. The molecule has 3 rings (SSSR count). The van der Waals surface area contributed by atoms with Gasteiger partial charge >= 0.3 is 0 Å². The van der Waals surface area contributed by atoms with Gasteiger partial charge in [-0.05, 0) is 92.3 Å². The Kier molecular flexibility index (Phi) is 6.29. The topological polar surface area (TPSA) is 42.6 Å². The van der Waals surface area contributed by atoms with Gasteiger partial charge in [0.15, 0.2) is 9.04 Å². The van der Waals surface area contributed by atoms with Crippen LogP contribution in [0.1, 0.15) is 71.3 Å². The highest BCUT2D eigenvalue weighted by molar-refractivity contribution is 6.48. The summed E-state index contributed by atoms with van der Waals surface area (Å²) in [5, 5.41) is 11.4. The van der Waals surface area contributed by atoms with E-state index in [4.69, 9.17) is 8.84 Å². The van der Waals surface area contributed by atoms with E-state index in [1.54, 1.807) is 12.5 Å².